The van der Waals surface area contributed by atoms with Crippen LogP contribution in [0.15, 0.2) is 52.0 Å². The van der Waals surface area contributed by atoms with Gasteiger partial charge in [-0.25, -0.2) is 4.99 Å². The van der Waals surface area contributed by atoms with Gasteiger partial charge in [0, 0.05) is 0 Å². The van der Waals surface area contributed by atoms with E-state index in [9.17, 15) is 9.59 Å². The molecule has 0 aromatic heterocycles. The quantitative estimate of drug-likeness (QED) is 0.744. The van der Waals surface area contributed by atoms with Gasteiger partial charge >= 0.3 is 0 Å². The molecule has 0 radical (unpaired) electrons. The molecule has 0 spiro atoms. The van der Waals surface area contributed by atoms with Gasteiger partial charge in [-0.05, 0) is 46.3 Å². The molecule has 2 rings (SSSR count). The van der Waals surface area contributed by atoms with Crippen LogP contribution < -0.4 is 0 Å². The minimum Gasteiger partial charge on any atom is -0.289 e. The fourth-order valence-electron chi connectivity index (χ4n) is 1.37. The number of carbonyl (C=O) groups is 2. The number of rotatable bonds is 1. The van der Waals surface area contributed by atoms with Gasteiger partial charge in [-0.1, -0.05) is 23.7 Å². The standard InChI is InChI=1S/C13H7BrClNO2/c14-10-7-8(5-6-12(10)17)16-13(18)9-3-1-2-4-11(9)15/h1-7H. The normalized spacial score (nSPS) is 16.9. The van der Waals surface area contributed by atoms with Crippen LogP contribution in [0, 0.1) is 0 Å². The summed E-state index contributed by atoms with van der Waals surface area (Å²) in [6.07, 6.45) is 4.34. The molecule has 90 valence electrons. The smallest absolute Gasteiger partial charge is 0.279 e. The van der Waals surface area contributed by atoms with E-state index in [2.05, 4.69) is 20.9 Å². The minimum absolute atomic E-state index is 0.154. The van der Waals surface area contributed by atoms with Gasteiger partial charge in [-0.2, -0.15) is 0 Å². The molecule has 0 saturated heterocycles. The zero-order valence-electron chi connectivity index (χ0n) is 9.06. The molecular weight excluding hydrogens is 318 g/mol. The topological polar surface area (TPSA) is 46.5 Å². The molecule has 1 aliphatic carbocycles. The predicted molar refractivity (Wildman–Crippen MR) is 74.4 cm³/mol. The lowest BCUT2D eigenvalue weighted by molar-refractivity contribution is -0.110. The van der Waals surface area contributed by atoms with Crippen LogP contribution >= 0.6 is 27.5 Å². The van der Waals surface area contributed by atoms with E-state index in [1.54, 1.807) is 24.3 Å². The largest absolute Gasteiger partial charge is 0.289 e. The summed E-state index contributed by atoms with van der Waals surface area (Å²) >= 11 is 9.00. The zero-order chi connectivity index (χ0) is 13.1. The van der Waals surface area contributed by atoms with Gasteiger partial charge < -0.3 is 0 Å². The van der Waals surface area contributed by atoms with Crippen molar-refractivity contribution in [3.05, 3.63) is 57.6 Å². The molecule has 5 heteroatoms. The van der Waals surface area contributed by atoms with Crippen LogP contribution in [0.4, 0.5) is 0 Å². The molecule has 0 saturated carbocycles. The van der Waals surface area contributed by atoms with E-state index in [0.717, 1.165) is 0 Å². The number of halogens is 2. The van der Waals surface area contributed by atoms with E-state index in [1.807, 2.05) is 0 Å². The summed E-state index contributed by atoms with van der Waals surface area (Å²) in [5.41, 5.74) is 0.743. The molecule has 0 N–H and O–H groups in total. The highest BCUT2D eigenvalue weighted by atomic mass is 79.9. The summed E-state index contributed by atoms with van der Waals surface area (Å²) in [4.78, 5) is 27.0. The first-order valence-corrected chi connectivity index (χ1v) is 6.22. The van der Waals surface area contributed by atoms with Crippen molar-refractivity contribution in [2.75, 3.05) is 0 Å². The summed E-state index contributed by atoms with van der Waals surface area (Å²) in [7, 11) is 0. The van der Waals surface area contributed by atoms with Crippen molar-refractivity contribution < 1.29 is 9.59 Å². The Kier molecular flexibility index (Phi) is 3.89. The first kappa shape index (κ1) is 12.9. The minimum atomic E-state index is -0.439. The molecule has 1 amide bonds. The van der Waals surface area contributed by atoms with E-state index in [1.165, 1.54) is 18.2 Å². The SMILES string of the molecule is O=C1C=CC(=NC(=O)c2ccccc2Cl)C=C1Br. The summed E-state index contributed by atoms with van der Waals surface area (Å²) in [5.74, 6) is -0.592. The Bertz CT molecular complexity index is 617. The summed E-state index contributed by atoms with van der Waals surface area (Å²) in [5, 5.41) is 0.353. The Labute approximate surface area is 117 Å². The number of ketones is 1. The van der Waals surface area contributed by atoms with Crippen LogP contribution in [-0.4, -0.2) is 17.4 Å². The van der Waals surface area contributed by atoms with Gasteiger partial charge in [0.25, 0.3) is 5.91 Å². The molecule has 3 nitrogen and oxygen atoms in total. The van der Waals surface area contributed by atoms with Crippen molar-refractivity contribution in [3.63, 3.8) is 0 Å². The lowest BCUT2D eigenvalue weighted by Crippen LogP contribution is -2.06. The molecule has 0 fully saturated rings. The van der Waals surface area contributed by atoms with Crippen molar-refractivity contribution in [2.24, 2.45) is 4.99 Å². The average molecular weight is 325 g/mol. The predicted octanol–water partition coefficient (Wildman–Crippen LogP) is 3.34. The highest BCUT2D eigenvalue weighted by molar-refractivity contribution is 9.12. The van der Waals surface area contributed by atoms with Gasteiger partial charge in [0.05, 0.1) is 20.8 Å². The number of nitrogens with zero attached hydrogens (tertiary/aromatic N) is 1. The number of benzene rings is 1. The Hall–Kier alpha value is -1.52. The summed E-state index contributed by atoms with van der Waals surface area (Å²) < 4.78 is 0.371. The van der Waals surface area contributed by atoms with Crippen LogP contribution in [0.3, 0.4) is 0 Å². The van der Waals surface area contributed by atoms with Gasteiger partial charge in [0.15, 0.2) is 5.78 Å². The summed E-state index contributed by atoms with van der Waals surface area (Å²) in [6.45, 7) is 0. The third-order valence-corrected chi connectivity index (χ3v) is 3.20. The van der Waals surface area contributed by atoms with Crippen LogP contribution in [0.25, 0.3) is 0 Å². The zero-order valence-corrected chi connectivity index (χ0v) is 11.4. The Morgan fingerprint density at radius 2 is 1.94 bits per heavy atom. The number of allylic oxidation sites excluding steroid dienone is 4. The lowest BCUT2D eigenvalue weighted by Gasteiger charge is -2.03. The van der Waals surface area contributed by atoms with Crippen molar-refractivity contribution in [3.8, 4) is 0 Å². The fraction of sp³-hybridized carbons (Fsp3) is 0. The van der Waals surface area contributed by atoms with Crippen LogP contribution in [0.2, 0.25) is 5.02 Å². The van der Waals surface area contributed by atoms with Gasteiger partial charge in [-0.15, -0.1) is 0 Å². The molecule has 0 unspecified atom stereocenters. The molecule has 1 aromatic carbocycles. The Morgan fingerprint density at radius 3 is 2.61 bits per heavy atom. The maximum absolute atomic E-state index is 11.9. The van der Waals surface area contributed by atoms with E-state index in [-0.39, 0.29) is 5.78 Å². The third kappa shape index (κ3) is 2.83. The van der Waals surface area contributed by atoms with E-state index in [0.29, 0.717) is 20.8 Å². The number of hydrogen-bond donors (Lipinski definition) is 0. The number of aliphatic imine (C=N–C) groups is 1. The third-order valence-electron chi connectivity index (χ3n) is 2.25. The Balaban J connectivity index is 2.30. The molecular formula is C13H7BrClNO2. The van der Waals surface area contributed by atoms with E-state index in [4.69, 9.17) is 11.6 Å². The summed E-state index contributed by atoms with van der Waals surface area (Å²) in [6, 6.07) is 6.68. The number of carbonyl (C=O) groups excluding carboxylic acids is 2. The van der Waals surface area contributed by atoms with Crippen molar-refractivity contribution in [2.45, 2.75) is 0 Å². The van der Waals surface area contributed by atoms with Crippen LogP contribution in [-0.2, 0) is 4.79 Å². The second-order valence-electron chi connectivity index (χ2n) is 3.51. The van der Waals surface area contributed by atoms with Gasteiger partial charge in [0.1, 0.15) is 0 Å². The Morgan fingerprint density at radius 1 is 1.22 bits per heavy atom. The molecule has 1 aromatic rings. The average Bonchev–Trinajstić information content (AvgIpc) is 2.34. The van der Waals surface area contributed by atoms with Crippen molar-refractivity contribution >= 4 is 44.9 Å². The maximum atomic E-state index is 11.9. The van der Waals surface area contributed by atoms with Crippen LogP contribution in [0.1, 0.15) is 10.4 Å². The van der Waals surface area contributed by atoms with Crippen LogP contribution in [0.5, 0.6) is 0 Å². The lowest BCUT2D eigenvalue weighted by atomic mass is 10.1. The van der Waals surface area contributed by atoms with Gasteiger partial charge in [0.2, 0.25) is 0 Å². The second kappa shape index (κ2) is 5.42. The van der Waals surface area contributed by atoms with E-state index >= 15 is 0 Å². The van der Waals surface area contributed by atoms with Crippen molar-refractivity contribution in [1.29, 1.82) is 0 Å². The number of hydrogen-bond acceptors (Lipinski definition) is 2. The maximum Gasteiger partial charge on any atom is 0.279 e. The molecule has 18 heavy (non-hydrogen) atoms. The molecule has 0 heterocycles. The highest BCUT2D eigenvalue weighted by Crippen LogP contribution is 2.17. The van der Waals surface area contributed by atoms with Crippen molar-refractivity contribution in [1.82, 2.24) is 0 Å². The fourth-order valence-corrected chi connectivity index (χ4v) is 1.95. The highest BCUT2D eigenvalue weighted by Gasteiger charge is 2.12. The molecule has 0 aliphatic heterocycles. The molecule has 0 bridgehead atoms. The monoisotopic (exact) mass is 323 g/mol. The first-order chi connectivity index (χ1) is 8.58. The number of amides is 1. The second-order valence-corrected chi connectivity index (χ2v) is 4.77. The van der Waals surface area contributed by atoms with E-state index < -0.39 is 5.91 Å². The first-order valence-electron chi connectivity index (χ1n) is 5.05. The van der Waals surface area contributed by atoms with Gasteiger partial charge in [-0.3, -0.25) is 9.59 Å². The molecule has 1 aliphatic rings. The molecule has 0 atom stereocenters.